The van der Waals surface area contributed by atoms with E-state index in [4.69, 9.17) is 9.84 Å². The monoisotopic (exact) mass is 226 g/mol. The van der Waals surface area contributed by atoms with Crippen molar-refractivity contribution in [1.82, 2.24) is 0 Å². The minimum atomic E-state index is -0.977. The fraction of sp³-hybridized carbons (Fsp3) is 0.364. The van der Waals surface area contributed by atoms with E-state index in [1.54, 1.807) is 0 Å². The van der Waals surface area contributed by atoms with E-state index in [1.807, 2.05) is 0 Å². The highest BCUT2D eigenvalue weighted by molar-refractivity contribution is 5.77. The summed E-state index contributed by atoms with van der Waals surface area (Å²) in [4.78, 5) is 10.9. The van der Waals surface area contributed by atoms with Crippen LogP contribution in [0.25, 0.3) is 0 Å². The van der Waals surface area contributed by atoms with E-state index in [0.29, 0.717) is 0 Å². The average Bonchev–Trinajstić information content (AvgIpc) is 2.97. The number of benzene rings is 1. The molecule has 2 unspecified atom stereocenters. The van der Waals surface area contributed by atoms with Gasteiger partial charge in [-0.3, -0.25) is 4.79 Å². The molecule has 1 aliphatic heterocycles. The van der Waals surface area contributed by atoms with Gasteiger partial charge < -0.3 is 9.84 Å². The third-order valence-corrected chi connectivity index (χ3v) is 3.30. The quantitative estimate of drug-likeness (QED) is 0.793. The summed E-state index contributed by atoms with van der Waals surface area (Å²) >= 11 is 0. The SMILES string of the molecule is O=C(O)[C@@H]1C2COc3c(F)ccc(F)c3C21. The minimum absolute atomic E-state index is 0.0867. The number of halogens is 2. The van der Waals surface area contributed by atoms with Crippen molar-refractivity contribution < 1.29 is 23.4 Å². The topological polar surface area (TPSA) is 46.5 Å². The zero-order valence-corrected chi connectivity index (χ0v) is 8.11. The van der Waals surface area contributed by atoms with Gasteiger partial charge in [-0.25, -0.2) is 8.78 Å². The van der Waals surface area contributed by atoms with Gasteiger partial charge in [-0.1, -0.05) is 0 Å². The smallest absolute Gasteiger partial charge is 0.307 e. The van der Waals surface area contributed by atoms with Crippen LogP contribution in [0, 0.1) is 23.5 Å². The molecule has 1 saturated carbocycles. The molecule has 0 saturated heterocycles. The van der Waals surface area contributed by atoms with Crippen LogP contribution in [0.3, 0.4) is 0 Å². The van der Waals surface area contributed by atoms with Gasteiger partial charge in [0.1, 0.15) is 5.82 Å². The van der Waals surface area contributed by atoms with Gasteiger partial charge in [0.05, 0.1) is 12.5 Å². The Morgan fingerprint density at radius 1 is 1.38 bits per heavy atom. The second-order valence-corrected chi connectivity index (χ2v) is 4.14. The first-order valence-corrected chi connectivity index (χ1v) is 4.94. The Labute approximate surface area is 89.6 Å². The lowest BCUT2D eigenvalue weighted by Crippen LogP contribution is -2.11. The van der Waals surface area contributed by atoms with Crippen molar-refractivity contribution in [1.29, 1.82) is 0 Å². The fourth-order valence-electron chi connectivity index (χ4n) is 2.50. The maximum Gasteiger partial charge on any atom is 0.307 e. The predicted molar refractivity (Wildman–Crippen MR) is 49.2 cm³/mol. The second-order valence-electron chi connectivity index (χ2n) is 4.14. The standard InChI is InChI=1S/C11H8F2O3/c12-5-1-2-6(13)10-9(5)7-4(3-16-10)8(7)11(14)15/h1-2,4,7-8H,3H2,(H,14,15)/t4?,7?,8-/m1/s1. The largest absolute Gasteiger partial charge is 0.490 e. The second kappa shape index (κ2) is 2.93. The van der Waals surface area contributed by atoms with Gasteiger partial charge in [0.2, 0.25) is 0 Å². The van der Waals surface area contributed by atoms with Crippen molar-refractivity contribution in [2.24, 2.45) is 11.8 Å². The molecule has 1 aliphatic carbocycles. The molecular formula is C11H8F2O3. The molecule has 3 rings (SSSR count). The third-order valence-electron chi connectivity index (χ3n) is 3.30. The molecule has 2 aliphatic rings. The minimum Gasteiger partial charge on any atom is -0.490 e. The molecule has 0 spiro atoms. The van der Waals surface area contributed by atoms with Crippen LogP contribution < -0.4 is 4.74 Å². The molecule has 16 heavy (non-hydrogen) atoms. The summed E-state index contributed by atoms with van der Waals surface area (Å²) in [5.41, 5.74) is 0.0867. The van der Waals surface area contributed by atoms with E-state index >= 15 is 0 Å². The molecule has 1 aromatic carbocycles. The van der Waals surface area contributed by atoms with Gasteiger partial charge in [0, 0.05) is 17.4 Å². The Bertz CT molecular complexity index is 486. The van der Waals surface area contributed by atoms with E-state index in [1.165, 1.54) is 0 Å². The van der Waals surface area contributed by atoms with Gasteiger partial charge in [-0.2, -0.15) is 0 Å². The van der Waals surface area contributed by atoms with E-state index < -0.39 is 29.4 Å². The lowest BCUT2D eigenvalue weighted by Gasteiger charge is -2.17. The van der Waals surface area contributed by atoms with Crippen LogP contribution in [0.5, 0.6) is 5.75 Å². The highest BCUT2D eigenvalue weighted by Crippen LogP contribution is 2.60. The molecule has 0 bridgehead atoms. The molecule has 0 radical (unpaired) electrons. The molecule has 3 nitrogen and oxygen atoms in total. The van der Waals surface area contributed by atoms with E-state index in [-0.39, 0.29) is 23.8 Å². The number of rotatable bonds is 1. The Balaban J connectivity index is 2.10. The Morgan fingerprint density at radius 3 is 2.75 bits per heavy atom. The summed E-state index contributed by atoms with van der Waals surface area (Å²) in [7, 11) is 0. The molecule has 3 atom stereocenters. The summed E-state index contributed by atoms with van der Waals surface area (Å²) in [6.45, 7) is 0.148. The van der Waals surface area contributed by atoms with Crippen molar-refractivity contribution in [2.45, 2.75) is 5.92 Å². The first-order chi connectivity index (χ1) is 7.61. The third kappa shape index (κ3) is 1.08. The molecule has 1 N–H and O–H groups in total. The Morgan fingerprint density at radius 2 is 2.06 bits per heavy atom. The number of carboxylic acids is 1. The summed E-state index contributed by atoms with van der Waals surface area (Å²) < 4.78 is 31.9. The van der Waals surface area contributed by atoms with E-state index in [2.05, 4.69) is 0 Å². The fourth-order valence-corrected chi connectivity index (χ4v) is 2.50. The van der Waals surface area contributed by atoms with Crippen molar-refractivity contribution in [3.8, 4) is 5.75 Å². The van der Waals surface area contributed by atoms with E-state index in [9.17, 15) is 13.6 Å². The number of carbonyl (C=O) groups is 1. The predicted octanol–water partition coefficient (Wildman–Crippen LogP) is 1.77. The molecule has 84 valence electrons. The van der Waals surface area contributed by atoms with Crippen LogP contribution >= 0.6 is 0 Å². The van der Waals surface area contributed by atoms with Crippen LogP contribution in [0.4, 0.5) is 8.78 Å². The van der Waals surface area contributed by atoms with Crippen LogP contribution in [0.2, 0.25) is 0 Å². The first-order valence-electron chi connectivity index (χ1n) is 4.94. The first kappa shape index (κ1) is 9.57. The van der Waals surface area contributed by atoms with Gasteiger partial charge in [0.25, 0.3) is 0 Å². The Hall–Kier alpha value is -1.65. The highest BCUT2D eigenvalue weighted by atomic mass is 19.1. The van der Waals surface area contributed by atoms with Crippen molar-refractivity contribution in [2.75, 3.05) is 6.61 Å². The number of carboxylic acid groups (broad SMARTS) is 1. The number of ether oxygens (including phenoxy) is 1. The summed E-state index contributed by atoms with van der Waals surface area (Å²) in [5, 5.41) is 8.90. The maximum absolute atomic E-state index is 13.5. The van der Waals surface area contributed by atoms with Crippen LogP contribution in [-0.2, 0) is 4.79 Å². The van der Waals surface area contributed by atoms with Gasteiger partial charge in [-0.05, 0) is 12.1 Å². The van der Waals surface area contributed by atoms with Crippen molar-refractivity contribution in [3.63, 3.8) is 0 Å². The lowest BCUT2D eigenvalue weighted by molar-refractivity contribution is -0.139. The molecular weight excluding hydrogens is 218 g/mol. The zero-order valence-electron chi connectivity index (χ0n) is 8.11. The number of hydrogen-bond acceptors (Lipinski definition) is 2. The van der Waals surface area contributed by atoms with Gasteiger partial charge in [-0.15, -0.1) is 0 Å². The summed E-state index contributed by atoms with van der Waals surface area (Å²) in [6, 6.07) is 2.00. The molecule has 1 heterocycles. The Kier molecular flexibility index (Phi) is 1.75. The average molecular weight is 226 g/mol. The van der Waals surface area contributed by atoms with E-state index in [0.717, 1.165) is 12.1 Å². The van der Waals surface area contributed by atoms with Gasteiger partial charge in [0.15, 0.2) is 11.6 Å². The van der Waals surface area contributed by atoms with Crippen molar-refractivity contribution >= 4 is 5.97 Å². The number of hydrogen-bond donors (Lipinski definition) is 1. The van der Waals surface area contributed by atoms with Crippen molar-refractivity contribution in [3.05, 3.63) is 29.3 Å². The van der Waals surface area contributed by atoms with Crippen LogP contribution in [0.15, 0.2) is 12.1 Å². The highest BCUT2D eigenvalue weighted by Gasteiger charge is 2.60. The zero-order chi connectivity index (χ0) is 11.4. The maximum atomic E-state index is 13.5. The lowest BCUT2D eigenvalue weighted by atomic mass is 10.0. The summed E-state index contributed by atoms with van der Waals surface area (Å²) in [5.74, 6) is -3.61. The number of aliphatic carboxylic acids is 1. The normalized spacial score (nSPS) is 30.0. The molecule has 0 aromatic heterocycles. The molecule has 5 heteroatoms. The molecule has 1 aromatic rings. The molecule has 0 amide bonds. The van der Waals surface area contributed by atoms with Gasteiger partial charge >= 0.3 is 5.97 Å². The molecule has 1 fully saturated rings. The number of fused-ring (bicyclic) bond motifs is 3. The summed E-state index contributed by atoms with van der Waals surface area (Å²) in [6.07, 6.45) is 0. The van der Waals surface area contributed by atoms with Crippen LogP contribution in [-0.4, -0.2) is 17.7 Å². The van der Waals surface area contributed by atoms with Crippen LogP contribution in [0.1, 0.15) is 11.5 Å².